The van der Waals surface area contributed by atoms with Crippen LogP contribution in [0.4, 0.5) is 0 Å². The molecule has 0 aromatic carbocycles. The van der Waals surface area contributed by atoms with Crippen LogP contribution in [0.15, 0.2) is 12.1 Å². The van der Waals surface area contributed by atoms with E-state index < -0.39 is 0 Å². The molecule has 78 valence electrons. The number of hydrogen-bond acceptors (Lipinski definition) is 1. The van der Waals surface area contributed by atoms with Gasteiger partial charge in [-0.2, -0.15) is 0 Å². The zero-order chi connectivity index (χ0) is 10.2. The molecule has 0 radical (unpaired) electrons. The summed E-state index contributed by atoms with van der Waals surface area (Å²) >= 11 is 0. The highest BCUT2D eigenvalue weighted by molar-refractivity contribution is 5.19. The summed E-state index contributed by atoms with van der Waals surface area (Å²) < 4.78 is 5.63. The highest BCUT2D eigenvalue weighted by Gasteiger charge is 2.22. The van der Waals surface area contributed by atoms with Crippen LogP contribution >= 0.6 is 0 Å². The number of rotatable bonds is 3. The molecule has 1 saturated carbocycles. The first-order chi connectivity index (χ1) is 6.55. The van der Waals surface area contributed by atoms with Crippen LogP contribution in [0.25, 0.3) is 0 Å². The molecule has 0 aliphatic heterocycles. The van der Waals surface area contributed by atoms with Crippen molar-refractivity contribution in [2.45, 2.75) is 51.7 Å². The molecule has 1 aromatic heterocycles. The lowest BCUT2D eigenvalue weighted by atomic mass is 9.93. The molecule has 0 amide bonds. The first-order valence-electron chi connectivity index (χ1n) is 5.36. The van der Waals surface area contributed by atoms with E-state index >= 15 is 0 Å². The Morgan fingerprint density at radius 3 is 2.57 bits per heavy atom. The fourth-order valence-electron chi connectivity index (χ4n) is 1.40. The predicted octanol–water partition coefficient (Wildman–Crippen LogP) is 2.99. The highest BCUT2D eigenvalue weighted by Crippen LogP contribution is 2.25. The molecule has 1 aliphatic rings. The van der Waals surface area contributed by atoms with Crippen molar-refractivity contribution in [3.8, 4) is 0 Å². The number of aromatic amines is 1. The Hall–Kier alpha value is -0.760. The molecule has 0 unspecified atom stereocenters. The van der Waals surface area contributed by atoms with Crippen molar-refractivity contribution >= 4 is 0 Å². The molecule has 14 heavy (non-hydrogen) atoms. The van der Waals surface area contributed by atoms with E-state index in [1.807, 2.05) is 0 Å². The van der Waals surface area contributed by atoms with E-state index in [0.717, 1.165) is 6.61 Å². The Bertz CT molecular complexity index is 304. The molecule has 1 aliphatic carbocycles. The Morgan fingerprint density at radius 2 is 2.07 bits per heavy atom. The van der Waals surface area contributed by atoms with Gasteiger partial charge in [-0.1, -0.05) is 20.8 Å². The molecule has 1 aromatic rings. The van der Waals surface area contributed by atoms with Crippen LogP contribution in [0.2, 0.25) is 0 Å². The maximum atomic E-state index is 5.63. The minimum absolute atomic E-state index is 0.206. The van der Waals surface area contributed by atoms with E-state index in [-0.39, 0.29) is 5.41 Å². The number of hydrogen-bond donors (Lipinski definition) is 1. The molecular formula is C12H19NO. The van der Waals surface area contributed by atoms with Crippen LogP contribution in [0, 0.1) is 0 Å². The van der Waals surface area contributed by atoms with Crippen molar-refractivity contribution in [2.24, 2.45) is 0 Å². The normalized spacial score (nSPS) is 17.4. The van der Waals surface area contributed by atoms with E-state index in [9.17, 15) is 0 Å². The molecule has 2 heteroatoms. The summed E-state index contributed by atoms with van der Waals surface area (Å²) in [6.07, 6.45) is 3.02. The molecule has 0 spiro atoms. The van der Waals surface area contributed by atoms with Gasteiger partial charge in [-0.15, -0.1) is 0 Å². The summed E-state index contributed by atoms with van der Waals surface area (Å²) in [6.45, 7) is 7.37. The highest BCUT2D eigenvalue weighted by atomic mass is 16.5. The van der Waals surface area contributed by atoms with Crippen molar-refractivity contribution in [3.05, 3.63) is 23.5 Å². The number of aromatic nitrogens is 1. The number of ether oxygens (including phenoxy) is 1. The average Bonchev–Trinajstić information content (AvgIpc) is 2.77. The van der Waals surface area contributed by atoms with Crippen molar-refractivity contribution < 1.29 is 4.74 Å². The summed E-state index contributed by atoms with van der Waals surface area (Å²) in [4.78, 5) is 3.41. The van der Waals surface area contributed by atoms with Crippen LogP contribution in [-0.2, 0) is 16.8 Å². The molecule has 2 nitrogen and oxygen atoms in total. The monoisotopic (exact) mass is 193 g/mol. The van der Waals surface area contributed by atoms with Gasteiger partial charge >= 0.3 is 0 Å². The lowest BCUT2D eigenvalue weighted by Crippen LogP contribution is -2.11. The van der Waals surface area contributed by atoms with E-state index in [1.165, 1.54) is 24.2 Å². The molecule has 1 heterocycles. The van der Waals surface area contributed by atoms with Crippen molar-refractivity contribution in [3.63, 3.8) is 0 Å². The summed E-state index contributed by atoms with van der Waals surface area (Å²) in [7, 11) is 0. The van der Waals surface area contributed by atoms with E-state index in [1.54, 1.807) is 0 Å². The Morgan fingerprint density at radius 1 is 1.36 bits per heavy atom. The number of nitrogens with one attached hydrogen (secondary N) is 1. The minimum Gasteiger partial charge on any atom is -0.372 e. The van der Waals surface area contributed by atoms with Crippen LogP contribution in [0.3, 0.4) is 0 Å². The van der Waals surface area contributed by atoms with Crippen molar-refractivity contribution in [2.75, 3.05) is 0 Å². The van der Waals surface area contributed by atoms with Gasteiger partial charge < -0.3 is 9.72 Å². The average molecular weight is 193 g/mol. The third kappa shape index (κ3) is 2.38. The van der Waals surface area contributed by atoms with Gasteiger partial charge in [0.05, 0.1) is 12.7 Å². The smallest absolute Gasteiger partial charge is 0.0869 e. The topological polar surface area (TPSA) is 25.0 Å². The zero-order valence-electron chi connectivity index (χ0n) is 9.26. The molecule has 0 atom stereocenters. The second-order valence-corrected chi connectivity index (χ2v) is 5.16. The summed E-state index contributed by atoms with van der Waals surface area (Å²) in [5, 5.41) is 0. The van der Waals surface area contributed by atoms with Crippen molar-refractivity contribution in [1.82, 2.24) is 4.98 Å². The standard InChI is InChI=1S/C12H19NO/c1-12(2,3)11-7-4-9(13-11)8-14-10-5-6-10/h4,7,10,13H,5-6,8H2,1-3H3. The third-order valence-corrected chi connectivity index (χ3v) is 2.55. The van der Waals surface area contributed by atoms with Crippen LogP contribution < -0.4 is 0 Å². The van der Waals surface area contributed by atoms with Gasteiger partial charge in [0.15, 0.2) is 0 Å². The van der Waals surface area contributed by atoms with E-state index in [0.29, 0.717) is 6.10 Å². The van der Waals surface area contributed by atoms with Gasteiger partial charge in [-0.3, -0.25) is 0 Å². The second-order valence-electron chi connectivity index (χ2n) is 5.16. The van der Waals surface area contributed by atoms with Gasteiger partial charge in [-0.05, 0) is 25.0 Å². The number of H-pyrrole nitrogens is 1. The fourth-order valence-corrected chi connectivity index (χ4v) is 1.40. The fraction of sp³-hybridized carbons (Fsp3) is 0.667. The van der Waals surface area contributed by atoms with Gasteiger partial charge in [0.25, 0.3) is 0 Å². The quantitative estimate of drug-likeness (QED) is 0.784. The lowest BCUT2D eigenvalue weighted by molar-refractivity contribution is 0.103. The first-order valence-corrected chi connectivity index (χ1v) is 5.36. The molecule has 0 bridgehead atoms. The Balaban J connectivity index is 1.94. The lowest BCUT2D eigenvalue weighted by Gasteiger charge is -2.16. The summed E-state index contributed by atoms with van der Waals surface area (Å²) in [6, 6.07) is 4.29. The van der Waals surface area contributed by atoms with Crippen molar-refractivity contribution in [1.29, 1.82) is 0 Å². The molecule has 1 N–H and O–H groups in total. The second kappa shape index (κ2) is 3.43. The van der Waals surface area contributed by atoms with Crippen LogP contribution in [-0.4, -0.2) is 11.1 Å². The van der Waals surface area contributed by atoms with Gasteiger partial charge in [0.1, 0.15) is 0 Å². The maximum absolute atomic E-state index is 5.63. The Kier molecular flexibility index (Phi) is 2.40. The van der Waals surface area contributed by atoms with Crippen LogP contribution in [0.1, 0.15) is 45.0 Å². The predicted molar refractivity (Wildman–Crippen MR) is 57.3 cm³/mol. The van der Waals surface area contributed by atoms with E-state index in [2.05, 4.69) is 37.9 Å². The third-order valence-electron chi connectivity index (χ3n) is 2.55. The van der Waals surface area contributed by atoms with Gasteiger partial charge in [-0.25, -0.2) is 0 Å². The SMILES string of the molecule is CC(C)(C)c1ccc(COC2CC2)[nH]1. The van der Waals surface area contributed by atoms with Gasteiger partial charge in [0, 0.05) is 16.8 Å². The molecule has 2 rings (SSSR count). The molecule has 1 fully saturated rings. The molecular weight excluding hydrogens is 174 g/mol. The van der Waals surface area contributed by atoms with Gasteiger partial charge in [0.2, 0.25) is 0 Å². The maximum Gasteiger partial charge on any atom is 0.0869 e. The molecule has 0 saturated heterocycles. The Labute approximate surface area is 85.7 Å². The largest absolute Gasteiger partial charge is 0.372 e. The van der Waals surface area contributed by atoms with Crippen LogP contribution in [0.5, 0.6) is 0 Å². The van der Waals surface area contributed by atoms with E-state index in [4.69, 9.17) is 4.74 Å². The first kappa shape index (κ1) is 9.78. The summed E-state index contributed by atoms with van der Waals surface area (Å²) in [5.74, 6) is 0. The minimum atomic E-state index is 0.206. The summed E-state index contributed by atoms with van der Waals surface area (Å²) in [5.41, 5.74) is 2.69. The zero-order valence-corrected chi connectivity index (χ0v) is 9.26.